The number of hydrogen-bond donors (Lipinski definition) is 1. The summed E-state index contributed by atoms with van der Waals surface area (Å²) in [6, 6.07) is 10.3. The molecule has 0 aliphatic heterocycles. The van der Waals surface area contributed by atoms with Crippen molar-refractivity contribution in [3.8, 4) is 5.75 Å². The number of benzene rings is 2. The third kappa shape index (κ3) is 4.49. The van der Waals surface area contributed by atoms with Gasteiger partial charge in [-0.2, -0.15) is 8.78 Å². The molecule has 2 aromatic carbocycles. The zero-order chi connectivity index (χ0) is 17.7. The molecular weight excluding hydrogens is 318 g/mol. The highest BCUT2D eigenvalue weighted by Crippen LogP contribution is 2.23. The van der Waals surface area contributed by atoms with E-state index in [1.165, 1.54) is 36.4 Å². The van der Waals surface area contributed by atoms with Crippen LogP contribution in [-0.2, 0) is 0 Å². The van der Waals surface area contributed by atoms with Crippen molar-refractivity contribution >= 4 is 17.8 Å². The first-order valence-corrected chi connectivity index (χ1v) is 6.98. The number of carboxylic acids is 1. The van der Waals surface area contributed by atoms with Gasteiger partial charge in [0.2, 0.25) is 0 Å². The van der Waals surface area contributed by atoms with E-state index in [2.05, 4.69) is 4.74 Å². The van der Waals surface area contributed by atoms with Gasteiger partial charge in [-0.25, -0.2) is 4.79 Å². The summed E-state index contributed by atoms with van der Waals surface area (Å²) in [4.78, 5) is 23.0. The van der Waals surface area contributed by atoms with E-state index in [0.717, 1.165) is 5.56 Å². The van der Waals surface area contributed by atoms with E-state index in [0.29, 0.717) is 5.56 Å². The first kappa shape index (κ1) is 17.3. The minimum atomic E-state index is -3.02. The highest BCUT2D eigenvalue weighted by atomic mass is 19.3. The van der Waals surface area contributed by atoms with Gasteiger partial charge in [-0.3, -0.25) is 4.79 Å². The summed E-state index contributed by atoms with van der Waals surface area (Å²) in [5.41, 5.74) is 1.51. The van der Waals surface area contributed by atoms with Gasteiger partial charge in [0.1, 0.15) is 5.75 Å². The Balaban J connectivity index is 2.22. The number of carbonyl (C=O) groups is 2. The topological polar surface area (TPSA) is 63.6 Å². The van der Waals surface area contributed by atoms with Gasteiger partial charge in [0.25, 0.3) is 0 Å². The number of aromatic carboxylic acids is 1. The van der Waals surface area contributed by atoms with Gasteiger partial charge >= 0.3 is 12.6 Å². The van der Waals surface area contributed by atoms with Crippen LogP contribution in [0.2, 0.25) is 0 Å². The molecule has 0 aromatic heterocycles. The Bertz CT molecular complexity index is 780. The Kier molecular flexibility index (Phi) is 5.42. The van der Waals surface area contributed by atoms with Crippen LogP contribution in [0.3, 0.4) is 0 Å². The van der Waals surface area contributed by atoms with Crippen LogP contribution >= 0.6 is 0 Å². The zero-order valence-electron chi connectivity index (χ0n) is 12.7. The predicted octanol–water partition coefficient (Wildman–Crippen LogP) is 4.19. The predicted molar refractivity (Wildman–Crippen MR) is 84.6 cm³/mol. The molecule has 124 valence electrons. The molecule has 24 heavy (non-hydrogen) atoms. The third-order valence-corrected chi connectivity index (χ3v) is 3.20. The van der Waals surface area contributed by atoms with Crippen LogP contribution in [0.4, 0.5) is 8.78 Å². The second kappa shape index (κ2) is 7.50. The summed E-state index contributed by atoms with van der Waals surface area (Å²) in [7, 11) is 0. The van der Waals surface area contributed by atoms with Crippen LogP contribution < -0.4 is 4.74 Å². The number of carboxylic acid groups (broad SMARTS) is 1. The van der Waals surface area contributed by atoms with E-state index in [4.69, 9.17) is 5.11 Å². The molecule has 0 fully saturated rings. The van der Waals surface area contributed by atoms with E-state index >= 15 is 0 Å². The van der Waals surface area contributed by atoms with Crippen molar-refractivity contribution in [2.24, 2.45) is 0 Å². The van der Waals surface area contributed by atoms with Crippen LogP contribution in [0.15, 0.2) is 48.5 Å². The lowest BCUT2D eigenvalue weighted by Crippen LogP contribution is -2.07. The second-order valence-electron chi connectivity index (χ2n) is 5.00. The van der Waals surface area contributed by atoms with E-state index < -0.39 is 18.4 Å². The number of rotatable bonds is 6. The molecule has 0 aliphatic rings. The fraction of sp³-hybridized carbons (Fsp3) is 0.111. The minimum Gasteiger partial charge on any atom is -0.478 e. The molecule has 0 bridgehead atoms. The van der Waals surface area contributed by atoms with E-state index in [1.807, 2.05) is 0 Å². The van der Waals surface area contributed by atoms with Gasteiger partial charge in [0.15, 0.2) is 5.78 Å². The van der Waals surface area contributed by atoms with Crippen LogP contribution in [-0.4, -0.2) is 23.5 Å². The molecule has 2 aromatic rings. The molecule has 0 radical (unpaired) electrons. The maximum atomic E-state index is 12.4. The Morgan fingerprint density at radius 2 is 1.79 bits per heavy atom. The van der Waals surface area contributed by atoms with Gasteiger partial charge in [0.05, 0.1) is 11.1 Å². The molecule has 0 unspecified atom stereocenters. The second-order valence-corrected chi connectivity index (χ2v) is 5.00. The van der Waals surface area contributed by atoms with Crippen LogP contribution in [0.25, 0.3) is 6.08 Å². The standard InChI is InChI=1S/C18H14F2O4/c1-11-2-9-16(24-18(19)20)14(10-11)15(21)8-5-12-3-6-13(7-4-12)17(22)23/h2-10,18H,1H3,(H,22,23). The monoisotopic (exact) mass is 332 g/mol. The fourth-order valence-electron chi connectivity index (χ4n) is 2.03. The maximum absolute atomic E-state index is 12.4. The summed E-state index contributed by atoms with van der Waals surface area (Å²) in [5.74, 6) is -1.72. The van der Waals surface area contributed by atoms with Crippen LogP contribution in [0.1, 0.15) is 31.8 Å². The molecule has 0 spiro atoms. The highest BCUT2D eigenvalue weighted by Gasteiger charge is 2.14. The maximum Gasteiger partial charge on any atom is 0.387 e. The average Bonchev–Trinajstić information content (AvgIpc) is 2.54. The molecule has 6 heteroatoms. The Morgan fingerprint density at radius 3 is 2.38 bits per heavy atom. The summed E-state index contributed by atoms with van der Waals surface area (Å²) >= 11 is 0. The van der Waals surface area contributed by atoms with E-state index in [1.54, 1.807) is 25.1 Å². The number of aryl methyl sites for hydroxylation is 1. The Morgan fingerprint density at radius 1 is 1.12 bits per heavy atom. The minimum absolute atomic E-state index is 0.0358. The smallest absolute Gasteiger partial charge is 0.387 e. The lowest BCUT2D eigenvalue weighted by molar-refractivity contribution is -0.0501. The summed E-state index contributed by atoms with van der Waals surface area (Å²) in [5, 5.41) is 8.82. The van der Waals surface area contributed by atoms with Crippen molar-refractivity contribution in [3.05, 3.63) is 70.8 Å². The summed E-state index contributed by atoms with van der Waals surface area (Å²) < 4.78 is 29.2. The number of ether oxygens (including phenoxy) is 1. The van der Waals surface area contributed by atoms with Crippen molar-refractivity contribution in [2.45, 2.75) is 13.5 Å². The van der Waals surface area contributed by atoms with E-state index in [-0.39, 0.29) is 16.9 Å². The van der Waals surface area contributed by atoms with Crippen molar-refractivity contribution in [2.75, 3.05) is 0 Å². The van der Waals surface area contributed by atoms with Crippen molar-refractivity contribution in [1.29, 1.82) is 0 Å². The molecule has 0 heterocycles. The normalized spacial score (nSPS) is 11.0. The third-order valence-electron chi connectivity index (χ3n) is 3.20. The van der Waals surface area contributed by atoms with Gasteiger partial charge in [0, 0.05) is 0 Å². The number of halogens is 2. The SMILES string of the molecule is Cc1ccc(OC(F)F)c(C(=O)C=Cc2ccc(C(=O)O)cc2)c1. The molecule has 0 atom stereocenters. The average molecular weight is 332 g/mol. The van der Waals surface area contributed by atoms with E-state index in [9.17, 15) is 18.4 Å². The first-order valence-electron chi connectivity index (χ1n) is 6.98. The van der Waals surface area contributed by atoms with Crippen molar-refractivity contribution in [3.63, 3.8) is 0 Å². The lowest BCUT2D eigenvalue weighted by Gasteiger charge is -2.09. The molecule has 4 nitrogen and oxygen atoms in total. The Labute approximate surface area is 137 Å². The first-order chi connectivity index (χ1) is 11.4. The number of carbonyl (C=O) groups excluding carboxylic acids is 1. The van der Waals surface area contributed by atoms with Crippen molar-refractivity contribution < 1.29 is 28.2 Å². The number of hydrogen-bond acceptors (Lipinski definition) is 3. The van der Waals surface area contributed by atoms with Crippen LogP contribution in [0.5, 0.6) is 5.75 Å². The highest BCUT2D eigenvalue weighted by molar-refractivity contribution is 6.08. The number of ketones is 1. The number of allylic oxidation sites excluding steroid dienone is 1. The molecule has 0 amide bonds. The quantitative estimate of drug-likeness (QED) is 0.636. The summed E-state index contributed by atoms with van der Waals surface area (Å²) in [6.45, 7) is -1.29. The fourth-order valence-corrected chi connectivity index (χ4v) is 2.03. The molecular formula is C18H14F2O4. The largest absolute Gasteiger partial charge is 0.478 e. The Hall–Kier alpha value is -3.02. The van der Waals surface area contributed by atoms with Gasteiger partial charge in [-0.05, 0) is 42.8 Å². The molecule has 2 rings (SSSR count). The molecule has 0 saturated carbocycles. The number of alkyl halides is 2. The zero-order valence-corrected chi connectivity index (χ0v) is 12.7. The van der Waals surface area contributed by atoms with Gasteiger partial charge < -0.3 is 9.84 Å². The van der Waals surface area contributed by atoms with Crippen molar-refractivity contribution in [1.82, 2.24) is 0 Å². The summed E-state index contributed by atoms with van der Waals surface area (Å²) in [6.07, 6.45) is 2.70. The molecule has 0 aliphatic carbocycles. The molecule has 0 saturated heterocycles. The lowest BCUT2D eigenvalue weighted by atomic mass is 10.0. The van der Waals surface area contributed by atoms with Gasteiger partial charge in [-0.15, -0.1) is 0 Å². The molecule has 1 N–H and O–H groups in total. The van der Waals surface area contributed by atoms with Crippen LogP contribution in [0, 0.1) is 6.92 Å². The van der Waals surface area contributed by atoms with Gasteiger partial charge in [-0.1, -0.05) is 29.8 Å².